The van der Waals surface area contributed by atoms with E-state index in [1.54, 1.807) is 11.0 Å². The highest BCUT2D eigenvalue weighted by Gasteiger charge is 2.37. The van der Waals surface area contributed by atoms with E-state index >= 15 is 0 Å². The standard InChI is InChI=1S/C22H26FN3O3S/c23-18-14-17(24-9-5-6-10-24)8-7-16(18)13-19-21(28)26(22(29)30-19)15-20(27)25-11-3-1-2-4-12-25/h7-8,13-14H,1-6,9-12,15H2. The predicted molar refractivity (Wildman–Crippen MR) is 116 cm³/mol. The average Bonchev–Trinajstić information content (AvgIpc) is 3.24. The molecule has 0 bridgehead atoms. The van der Waals surface area contributed by atoms with Crippen molar-refractivity contribution in [3.05, 3.63) is 34.5 Å². The topological polar surface area (TPSA) is 60.9 Å². The summed E-state index contributed by atoms with van der Waals surface area (Å²) in [6, 6.07) is 4.96. The highest BCUT2D eigenvalue weighted by Crippen LogP contribution is 2.33. The number of hydrogen-bond donors (Lipinski definition) is 0. The molecule has 1 aromatic rings. The molecule has 0 saturated carbocycles. The Morgan fingerprint density at radius 1 is 1.00 bits per heavy atom. The van der Waals surface area contributed by atoms with Gasteiger partial charge >= 0.3 is 0 Å². The Labute approximate surface area is 180 Å². The SMILES string of the molecule is O=C(CN1C(=O)SC(=Cc2ccc(N3CCCC3)cc2F)C1=O)N1CCCCCC1. The van der Waals surface area contributed by atoms with E-state index in [1.165, 1.54) is 12.1 Å². The quantitative estimate of drug-likeness (QED) is 0.678. The molecule has 0 spiro atoms. The number of halogens is 1. The van der Waals surface area contributed by atoms with Crippen molar-refractivity contribution in [2.45, 2.75) is 38.5 Å². The van der Waals surface area contributed by atoms with Gasteiger partial charge in [0.25, 0.3) is 11.1 Å². The van der Waals surface area contributed by atoms with Gasteiger partial charge in [0.05, 0.1) is 4.91 Å². The molecule has 0 atom stereocenters. The zero-order valence-corrected chi connectivity index (χ0v) is 17.8. The maximum Gasteiger partial charge on any atom is 0.294 e. The van der Waals surface area contributed by atoms with Gasteiger partial charge in [0, 0.05) is 37.4 Å². The van der Waals surface area contributed by atoms with Gasteiger partial charge in [-0.2, -0.15) is 0 Å². The third-order valence-corrected chi connectivity index (χ3v) is 6.77. The molecule has 3 amide bonds. The van der Waals surface area contributed by atoms with Crippen LogP contribution in [0.2, 0.25) is 0 Å². The number of carbonyl (C=O) groups excluding carboxylic acids is 3. The second-order valence-corrected chi connectivity index (χ2v) is 8.96. The number of amides is 3. The van der Waals surface area contributed by atoms with E-state index in [0.717, 1.165) is 74.0 Å². The number of thioether (sulfide) groups is 1. The summed E-state index contributed by atoms with van der Waals surface area (Å²) in [7, 11) is 0. The zero-order valence-electron chi connectivity index (χ0n) is 16.9. The molecule has 0 unspecified atom stereocenters. The van der Waals surface area contributed by atoms with E-state index in [-0.39, 0.29) is 22.9 Å². The summed E-state index contributed by atoms with van der Waals surface area (Å²) in [5.74, 6) is -1.16. The fourth-order valence-corrected chi connectivity index (χ4v) is 4.97. The molecule has 3 aliphatic rings. The second kappa shape index (κ2) is 9.20. The molecule has 160 valence electrons. The van der Waals surface area contributed by atoms with Crippen LogP contribution in [0.4, 0.5) is 14.9 Å². The fourth-order valence-electron chi connectivity index (χ4n) is 4.14. The molecule has 4 rings (SSSR count). The molecule has 8 heteroatoms. The average molecular weight is 432 g/mol. The molecule has 30 heavy (non-hydrogen) atoms. The zero-order chi connectivity index (χ0) is 21.1. The number of nitrogens with zero attached hydrogens (tertiary/aromatic N) is 3. The van der Waals surface area contributed by atoms with Gasteiger partial charge in [-0.15, -0.1) is 0 Å². The molecule has 3 saturated heterocycles. The van der Waals surface area contributed by atoms with Crippen molar-refractivity contribution in [2.75, 3.05) is 37.6 Å². The van der Waals surface area contributed by atoms with Crippen LogP contribution in [0.5, 0.6) is 0 Å². The molecule has 3 heterocycles. The van der Waals surface area contributed by atoms with E-state index in [2.05, 4.69) is 4.90 Å². The molecule has 0 aromatic heterocycles. The van der Waals surface area contributed by atoms with Crippen LogP contribution >= 0.6 is 11.8 Å². The number of imide groups is 1. The van der Waals surface area contributed by atoms with Crippen molar-refractivity contribution >= 4 is 40.6 Å². The number of likely N-dealkylation sites (tertiary alicyclic amines) is 1. The molecule has 3 fully saturated rings. The minimum Gasteiger partial charge on any atom is -0.371 e. The van der Waals surface area contributed by atoms with Crippen molar-refractivity contribution < 1.29 is 18.8 Å². The number of anilines is 1. The number of carbonyl (C=O) groups is 3. The van der Waals surface area contributed by atoms with Crippen LogP contribution in [-0.4, -0.2) is 59.6 Å². The lowest BCUT2D eigenvalue weighted by Gasteiger charge is -2.22. The Kier molecular flexibility index (Phi) is 6.41. The predicted octanol–water partition coefficient (Wildman–Crippen LogP) is 3.86. The molecule has 0 aliphatic carbocycles. The van der Waals surface area contributed by atoms with Gasteiger partial charge < -0.3 is 9.80 Å². The lowest BCUT2D eigenvalue weighted by Crippen LogP contribution is -2.42. The molecule has 0 radical (unpaired) electrons. The normalized spacial score (nSPS) is 21.6. The van der Waals surface area contributed by atoms with Gasteiger partial charge in [-0.25, -0.2) is 4.39 Å². The Morgan fingerprint density at radius 2 is 1.67 bits per heavy atom. The molecule has 0 N–H and O–H groups in total. The Bertz CT molecular complexity index is 874. The van der Waals surface area contributed by atoms with Crippen molar-refractivity contribution in [2.24, 2.45) is 0 Å². The number of rotatable bonds is 4. The Hall–Kier alpha value is -2.35. The molecule has 3 aliphatic heterocycles. The van der Waals surface area contributed by atoms with Gasteiger partial charge in [0.15, 0.2) is 0 Å². The third-order valence-electron chi connectivity index (χ3n) is 5.87. The van der Waals surface area contributed by atoms with Crippen LogP contribution in [-0.2, 0) is 9.59 Å². The summed E-state index contributed by atoms with van der Waals surface area (Å²) >= 11 is 0.758. The van der Waals surface area contributed by atoms with Crippen molar-refractivity contribution in [3.8, 4) is 0 Å². The molecular weight excluding hydrogens is 405 g/mol. The van der Waals surface area contributed by atoms with Gasteiger partial charge in [-0.05, 0) is 61.7 Å². The lowest BCUT2D eigenvalue weighted by atomic mass is 10.1. The second-order valence-electron chi connectivity index (χ2n) is 7.96. The minimum absolute atomic E-state index is 0.150. The van der Waals surface area contributed by atoms with E-state index in [0.29, 0.717) is 13.1 Å². The van der Waals surface area contributed by atoms with Gasteiger partial charge in [0.1, 0.15) is 12.4 Å². The molecule has 6 nitrogen and oxygen atoms in total. The smallest absolute Gasteiger partial charge is 0.294 e. The van der Waals surface area contributed by atoms with Crippen LogP contribution in [0.15, 0.2) is 23.1 Å². The number of hydrogen-bond acceptors (Lipinski definition) is 5. The number of benzene rings is 1. The summed E-state index contributed by atoms with van der Waals surface area (Å²) in [4.78, 5) is 42.6. The molecule has 1 aromatic carbocycles. The van der Waals surface area contributed by atoms with Crippen LogP contribution < -0.4 is 4.90 Å². The summed E-state index contributed by atoms with van der Waals surface area (Å²) in [6.07, 6.45) is 7.69. The van der Waals surface area contributed by atoms with Crippen molar-refractivity contribution in [3.63, 3.8) is 0 Å². The van der Waals surface area contributed by atoms with Crippen LogP contribution in [0.1, 0.15) is 44.1 Å². The monoisotopic (exact) mass is 431 g/mol. The summed E-state index contributed by atoms with van der Waals surface area (Å²) < 4.78 is 14.6. The Balaban J connectivity index is 1.45. The third kappa shape index (κ3) is 4.53. The summed E-state index contributed by atoms with van der Waals surface area (Å²) in [5.41, 5.74) is 1.10. The minimum atomic E-state index is -0.531. The van der Waals surface area contributed by atoms with Crippen LogP contribution in [0.25, 0.3) is 6.08 Å². The van der Waals surface area contributed by atoms with Gasteiger partial charge in [-0.3, -0.25) is 19.3 Å². The maximum absolute atomic E-state index is 14.6. The summed E-state index contributed by atoms with van der Waals surface area (Å²) in [6.45, 7) is 2.92. The fraction of sp³-hybridized carbons (Fsp3) is 0.500. The molecular formula is C22H26FN3O3S. The first-order chi connectivity index (χ1) is 14.5. The Morgan fingerprint density at radius 3 is 2.33 bits per heavy atom. The largest absolute Gasteiger partial charge is 0.371 e. The lowest BCUT2D eigenvalue weighted by molar-refractivity contribution is -0.135. The van der Waals surface area contributed by atoms with Crippen LogP contribution in [0, 0.1) is 5.82 Å². The first-order valence-corrected chi connectivity index (χ1v) is 11.4. The summed E-state index contributed by atoms with van der Waals surface area (Å²) in [5, 5.41) is -0.483. The van der Waals surface area contributed by atoms with Gasteiger partial charge in [-0.1, -0.05) is 12.8 Å². The maximum atomic E-state index is 14.6. The highest BCUT2D eigenvalue weighted by atomic mass is 32.2. The van der Waals surface area contributed by atoms with Gasteiger partial charge in [0.2, 0.25) is 5.91 Å². The highest BCUT2D eigenvalue weighted by molar-refractivity contribution is 8.18. The first kappa shape index (κ1) is 20.9. The van der Waals surface area contributed by atoms with Crippen molar-refractivity contribution in [1.29, 1.82) is 0 Å². The van der Waals surface area contributed by atoms with Crippen molar-refractivity contribution in [1.82, 2.24) is 9.80 Å². The van der Waals surface area contributed by atoms with E-state index in [1.807, 2.05) is 6.07 Å². The van der Waals surface area contributed by atoms with E-state index < -0.39 is 17.0 Å². The van der Waals surface area contributed by atoms with E-state index in [4.69, 9.17) is 0 Å². The van der Waals surface area contributed by atoms with Crippen LogP contribution in [0.3, 0.4) is 0 Å². The first-order valence-electron chi connectivity index (χ1n) is 10.6. The van der Waals surface area contributed by atoms with E-state index in [9.17, 15) is 18.8 Å².